The summed E-state index contributed by atoms with van der Waals surface area (Å²) >= 11 is 0. The van der Waals surface area contributed by atoms with Crippen molar-refractivity contribution in [2.24, 2.45) is 0 Å². The second-order valence-corrected chi connectivity index (χ2v) is 7.19. The van der Waals surface area contributed by atoms with Crippen LogP contribution >= 0.6 is 0 Å². The third kappa shape index (κ3) is 3.40. The first-order chi connectivity index (χ1) is 13.0. The van der Waals surface area contributed by atoms with Gasteiger partial charge in [-0.15, -0.1) is 0 Å². The van der Waals surface area contributed by atoms with Gasteiger partial charge in [0.05, 0.1) is 36.7 Å². The van der Waals surface area contributed by atoms with Gasteiger partial charge in [-0.2, -0.15) is 5.10 Å². The number of carboxylic acid groups (broad SMARTS) is 1. The van der Waals surface area contributed by atoms with Gasteiger partial charge >= 0.3 is 6.09 Å². The van der Waals surface area contributed by atoms with E-state index in [0.29, 0.717) is 26.1 Å². The molecule has 2 atom stereocenters. The first-order valence-electron chi connectivity index (χ1n) is 9.15. The topological polar surface area (TPSA) is 90.7 Å². The van der Waals surface area contributed by atoms with E-state index in [1.165, 1.54) is 10.5 Å². The van der Waals surface area contributed by atoms with Crippen LogP contribution in [0.5, 0.6) is 0 Å². The van der Waals surface area contributed by atoms with E-state index in [0.717, 1.165) is 11.4 Å². The van der Waals surface area contributed by atoms with Crippen LogP contribution in [0.3, 0.4) is 0 Å². The van der Waals surface area contributed by atoms with Gasteiger partial charge in [-0.25, -0.2) is 4.79 Å². The molecule has 8 nitrogen and oxygen atoms in total. The van der Waals surface area contributed by atoms with Gasteiger partial charge in [-0.3, -0.25) is 14.4 Å². The van der Waals surface area contributed by atoms with Crippen molar-refractivity contribution in [3.05, 3.63) is 47.8 Å². The molecule has 0 aliphatic carbocycles. The van der Waals surface area contributed by atoms with Crippen molar-refractivity contribution in [1.82, 2.24) is 20.0 Å². The summed E-state index contributed by atoms with van der Waals surface area (Å²) in [6, 6.07) is 10.0. The number of benzene rings is 1. The molecule has 8 heteroatoms. The predicted octanol–water partition coefficient (Wildman–Crippen LogP) is 1.66. The number of hydrogen-bond donors (Lipinski definition) is 2. The van der Waals surface area contributed by atoms with E-state index in [-0.39, 0.29) is 24.5 Å². The number of aromatic nitrogens is 2. The van der Waals surface area contributed by atoms with Gasteiger partial charge in [0.2, 0.25) is 5.91 Å². The highest BCUT2D eigenvalue weighted by atomic mass is 16.4. The summed E-state index contributed by atoms with van der Waals surface area (Å²) in [5.74, 6) is 0.0388. The SMILES string of the molecule is C[C@H]1Cn2ncc(N3CC(NCc4ccccc4)CC3=O)c2CN1C(=O)O. The molecule has 0 spiro atoms. The number of hydrogen-bond acceptors (Lipinski definition) is 4. The van der Waals surface area contributed by atoms with Crippen LogP contribution in [0.4, 0.5) is 10.5 Å². The lowest BCUT2D eigenvalue weighted by atomic mass is 10.2. The third-order valence-electron chi connectivity index (χ3n) is 5.32. The van der Waals surface area contributed by atoms with Gasteiger partial charge in [0.1, 0.15) is 0 Å². The number of nitrogens with one attached hydrogen (secondary N) is 1. The number of rotatable bonds is 4. The molecule has 3 heterocycles. The number of nitrogens with zero attached hydrogens (tertiary/aromatic N) is 4. The highest BCUT2D eigenvalue weighted by Crippen LogP contribution is 2.30. The smallest absolute Gasteiger partial charge is 0.407 e. The maximum atomic E-state index is 12.6. The minimum Gasteiger partial charge on any atom is -0.465 e. The van der Waals surface area contributed by atoms with Gasteiger partial charge in [0.25, 0.3) is 0 Å². The molecular weight excluding hydrogens is 346 g/mol. The van der Waals surface area contributed by atoms with Crippen molar-refractivity contribution in [1.29, 1.82) is 0 Å². The Morgan fingerprint density at radius 2 is 2.07 bits per heavy atom. The summed E-state index contributed by atoms with van der Waals surface area (Å²) in [7, 11) is 0. The van der Waals surface area contributed by atoms with E-state index < -0.39 is 6.09 Å². The molecule has 142 valence electrons. The summed E-state index contributed by atoms with van der Waals surface area (Å²) in [6.07, 6.45) is 1.16. The molecule has 27 heavy (non-hydrogen) atoms. The van der Waals surface area contributed by atoms with E-state index in [2.05, 4.69) is 22.5 Å². The summed E-state index contributed by atoms with van der Waals surface area (Å²) in [4.78, 5) is 27.2. The monoisotopic (exact) mass is 369 g/mol. The van der Waals surface area contributed by atoms with Gasteiger partial charge in [0.15, 0.2) is 0 Å². The summed E-state index contributed by atoms with van der Waals surface area (Å²) < 4.78 is 1.82. The standard InChI is InChI=1S/C19H23N5O3/c1-13-10-24-17(12-22(13)19(26)27)16(9-21-24)23-11-15(7-18(23)25)20-8-14-5-3-2-4-6-14/h2-6,9,13,15,20H,7-8,10-12H2,1H3,(H,26,27)/t13-,15?/m0/s1. The number of amides is 2. The Morgan fingerprint density at radius 1 is 1.30 bits per heavy atom. The zero-order chi connectivity index (χ0) is 19.0. The van der Waals surface area contributed by atoms with E-state index in [4.69, 9.17) is 0 Å². The second-order valence-electron chi connectivity index (χ2n) is 7.19. The van der Waals surface area contributed by atoms with Crippen LogP contribution in [-0.2, 0) is 24.4 Å². The maximum absolute atomic E-state index is 12.6. The molecule has 2 N–H and O–H groups in total. The maximum Gasteiger partial charge on any atom is 0.407 e. The fourth-order valence-corrected chi connectivity index (χ4v) is 3.80. The Morgan fingerprint density at radius 3 is 2.81 bits per heavy atom. The van der Waals surface area contributed by atoms with E-state index in [9.17, 15) is 14.7 Å². The Hall–Kier alpha value is -2.87. The van der Waals surface area contributed by atoms with Crippen LogP contribution in [0.25, 0.3) is 0 Å². The fourth-order valence-electron chi connectivity index (χ4n) is 3.80. The third-order valence-corrected chi connectivity index (χ3v) is 5.32. The second kappa shape index (κ2) is 7.03. The van der Waals surface area contributed by atoms with Crippen molar-refractivity contribution >= 4 is 17.7 Å². The first kappa shape index (κ1) is 17.5. The molecule has 4 rings (SSSR count). The fraction of sp³-hybridized carbons (Fsp3) is 0.421. The molecule has 1 aromatic carbocycles. The number of carbonyl (C=O) groups is 2. The average Bonchev–Trinajstić information content (AvgIpc) is 3.22. The largest absolute Gasteiger partial charge is 0.465 e. The normalized spacial score (nSPS) is 22.2. The lowest BCUT2D eigenvalue weighted by molar-refractivity contribution is -0.117. The van der Waals surface area contributed by atoms with Crippen molar-refractivity contribution < 1.29 is 14.7 Å². The van der Waals surface area contributed by atoms with Crippen molar-refractivity contribution in [2.45, 2.75) is 45.1 Å². The van der Waals surface area contributed by atoms with Gasteiger partial charge in [0, 0.05) is 25.6 Å². The van der Waals surface area contributed by atoms with E-state index in [1.54, 1.807) is 11.1 Å². The van der Waals surface area contributed by atoms with Crippen LogP contribution in [0.2, 0.25) is 0 Å². The van der Waals surface area contributed by atoms with Crippen LogP contribution in [0.15, 0.2) is 36.5 Å². The molecule has 0 bridgehead atoms. The molecule has 2 aliphatic heterocycles. The molecular formula is C19H23N5O3. The van der Waals surface area contributed by atoms with Crippen LogP contribution < -0.4 is 10.2 Å². The lowest BCUT2D eigenvalue weighted by Crippen LogP contribution is -2.44. The Bertz CT molecular complexity index is 850. The van der Waals surface area contributed by atoms with Crippen molar-refractivity contribution in [3.8, 4) is 0 Å². The highest BCUT2D eigenvalue weighted by molar-refractivity contribution is 5.96. The number of fused-ring (bicyclic) bond motifs is 1. The minimum absolute atomic E-state index is 0.0388. The molecule has 2 aliphatic rings. The van der Waals surface area contributed by atoms with E-state index >= 15 is 0 Å². The van der Waals surface area contributed by atoms with Crippen molar-refractivity contribution in [3.63, 3.8) is 0 Å². The Kier molecular flexibility index (Phi) is 4.57. The lowest BCUT2D eigenvalue weighted by Gasteiger charge is -2.32. The Balaban J connectivity index is 1.47. The summed E-state index contributed by atoms with van der Waals surface area (Å²) in [6.45, 7) is 3.88. The van der Waals surface area contributed by atoms with E-state index in [1.807, 2.05) is 29.8 Å². The zero-order valence-electron chi connectivity index (χ0n) is 15.2. The van der Waals surface area contributed by atoms with Crippen LogP contribution in [-0.4, -0.2) is 50.4 Å². The van der Waals surface area contributed by atoms with Crippen LogP contribution in [0, 0.1) is 0 Å². The highest BCUT2D eigenvalue weighted by Gasteiger charge is 2.36. The predicted molar refractivity (Wildman–Crippen MR) is 99.3 cm³/mol. The van der Waals surface area contributed by atoms with Gasteiger partial charge in [-0.05, 0) is 12.5 Å². The first-order valence-corrected chi connectivity index (χ1v) is 9.15. The molecule has 1 aromatic heterocycles. The molecule has 1 saturated heterocycles. The minimum atomic E-state index is -0.948. The Labute approximate surface area is 157 Å². The van der Waals surface area contributed by atoms with Crippen LogP contribution in [0.1, 0.15) is 24.6 Å². The molecule has 2 amide bonds. The molecule has 0 saturated carbocycles. The zero-order valence-corrected chi connectivity index (χ0v) is 15.2. The summed E-state index contributed by atoms with van der Waals surface area (Å²) in [5, 5.41) is 17.2. The van der Waals surface area contributed by atoms with Crippen molar-refractivity contribution in [2.75, 3.05) is 11.4 Å². The van der Waals surface area contributed by atoms with Gasteiger partial charge < -0.3 is 15.3 Å². The molecule has 0 radical (unpaired) electrons. The molecule has 1 unspecified atom stereocenters. The van der Waals surface area contributed by atoms with Gasteiger partial charge in [-0.1, -0.05) is 30.3 Å². The molecule has 1 fully saturated rings. The number of carbonyl (C=O) groups excluding carboxylic acids is 1. The number of anilines is 1. The average molecular weight is 369 g/mol. The summed E-state index contributed by atoms with van der Waals surface area (Å²) in [5.41, 5.74) is 2.69. The quantitative estimate of drug-likeness (QED) is 0.855. The molecule has 2 aromatic rings.